The highest BCUT2D eigenvalue weighted by Gasteiger charge is 2.20. The summed E-state index contributed by atoms with van der Waals surface area (Å²) in [5, 5.41) is 0. The second-order valence-electron chi connectivity index (χ2n) is 7.20. The summed E-state index contributed by atoms with van der Waals surface area (Å²) in [5.41, 5.74) is 9.90. The first-order chi connectivity index (χ1) is 11.4. The summed E-state index contributed by atoms with van der Waals surface area (Å²) in [7, 11) is 3.41. The molecule has 130 valence electrons. The van der Waals surface area contributed by atoms with Gasteiger partial charge in [0, 0.05) is 5.92 Å². The van der Waals surface area contributed by atoms with Crippen molar-refractivity contribution in [3.63, 3.8) is 0 Å². The van der Waals surface area contributed by atoms with Crippen molar-refractivity contribution in [2.75, 3.05) is 20.8 Å². The molecule has 3 heteroatoms. The van der Waals surface area contributed by atoms with Crippen LogP contribution in [0.1, 0.15) is 43.4 Å². The van der Waals surface area contributed by atoms with Gasteiger partial charge in [-0.25, -0.2) is 0 Å². The SMILES string of the molecule is COc1cccc(CC(CN)c2cc(C(C)(C)C)ccc2OC)c1. The second kappa shape index (κ2) is 7.71. The predicted molar refractivity (Wildman–Crippen MR) is 100 cm³/mol. The van der Waals surface area contributed by atoms with Crippen LogP contribution in [0.25, 0.3) is 0 Å². The van der Waals surface area contributed by atoms with Crippen molar-refractivity contribution < 1.29 is 9.47 Å². The van der Waals surface area contributed by atoms with Crippen LogP contribution in [0.3, 0.4) is 0 Å². The number of methoxy groups -OCH3 is 2. The number of nitrogens with two attached hydrogens (primary N) is 1. The Kier molecular flexibility index (Phi) is 5.89. The molecule has 24 heavy (non-hydrogen) atoms. The van der Waals surface area contributed by atoms with E-state index >= 15 is 0 Å². The van der Waals surface area contributed by atoms with Crippen molar-refractivity contribution in [2.24, 2.45) is 5.73 Å². The predicted octanol–water partition coefficient (Wildman–Crippen LogP) is 4.29. The van der Waals surface area contributed by atoms with Crippen LogP contribution < -0.4 is 15.2 Å². The van der Waals surface area contributed by atoms with Crippen LogP contribution in [0.2, 0.25) is 0 Å². The molecule has 0 fully saturated rings. The molecule has 0 amide bonds. The van der Waals surface area contributed by atoms with Gasteiger partial charge in [0.25, 0.3) is 0 Å². The summed E-state index contributed by atoms with van der Waals surface area (Å²) in [6.07, 6.45) is 0.859. The lowest BCUT2D eigenvalue weighted by Crippen LogP contribution is -2.18. The molecule has 0 saturated heterocycles. The van der Waals surface area contributed by atoms with E-state index in [4.69, 9.17) is 15.2 Å². The molecule has 2 aromatic carbocycles. The van der Waals surface area contributed by atoms with Crippen molar-refractivity contribution in [2.45, 2.75) is 38.5 Å². The van der Waals surface area contributed by atoms with Gasteiger partial charge in [-0.2, -0.15) is 0 Å². The van der Waals surface area contributed by atoms with E-state index in [1.165, 1.54) is 16.7 Å². The molecule has 0 aliphatic carbocycles. The largest absolute Gasteiger partial charge is 0.497 e. The van der Waals surface area contributed by atoms with Crippen molar-refractivity contribution >= 4 is 0 Å². The third kappa shape index (κ3) is 4.30. The molecule has 3 nitrogen and oxygen atoms in total. The quantitative estimate of drug-likeness (QED) is 0.861. The fraction of sp³-hybridized carbons (Fsp3) is 0.429. The third-order valence-electron chi connectivity index (χ3n) is 4.44. The molecule has 0 aliphatic heterocycles. The minimum Gasteiger partial charge on any atom is -0.497 e. The number of hydrogen-bond donors (Lipinski definition) is 1. The van der Waals surface area contributed by atoms with Crippen molar-refractivity contribution in [1.29, 1.82) is 0 Å². The Labute approximate surface area is 145 Å². The van der Waals surface area contributed by atoms with E-state index in [1.807, 2.05) is 12.1 Å². The highest BCUT2D eigenvalue weighted by molar-refractivity contribution is 5.43. The van der Waals surface area contributed by atoms with Crippen LogP contribution in [-0.2, 0) is 11.8 Å². The zero-order valence-electron chi connectivity index (χ0n) is 15.4. The minimum atomic E-state index is 0.0934. The van der Waals surface area contributed by atoms with E-state index in [0.29, 0.717) is 6.54 Å². The monoisotopic (exact) mass is 327 g/mol. The molecule has 2 N–H and O–H groups in total. The molecule has 0 saturated carbocycles. The maximum atomic E-state index is 6.12. The molecule has 0 radical (unpaired) electrons. The summed E-state index contributed by atoms with van der Waals surface area (Å²) in [6.45, 7) is 7.23. The van der Waals surface area contributed by atoms with Gasteiger partial charge in [0.15, 0.2) is 0 Å². The molecule has 0 bridgehead atoms. The fourth-order valence-corrected chi connectivity index (χ4v) is 2.92. The van der Waals surface area contributed by atoms with Gasteiger partial charge < -0.3 is 15.2 Å². The normalized spacial score (nSPS) is 12.8. The lowest BCUT2D eigenvalue weighted by molar-refractivity contribution is 0.404. The highest BCUT2D eigenvalue weighted by atomic mass is 16.5. The molecule has 0 aliphatic rings. The van der Waals surface area contributed by atoms with Gasteiger partial charge in [0.05, 0.1) is 14.2 Å². The van der Waals surface area contributed by atoms with E-state index < -0.39 is 0 Å². The van der Waals surface area contributed by atoms with Crippen LogP contribution in [0.15, 0.2) is 42.5 Å². The summed E-state index contributed by atoms with van der Waals surface area (Å²) < 4.78 is 10.9. The highest BCUT2D eigenvalue weighted by Crippen LogP contribution is 2.34. The first-order valence-electron chi connectivity index (χ1n) is 8.40. The van der Waals surface area contributed by atoms with Crippen LogP contribution in [0.5, 0.6) is 11.5 Å². The first kappa shape index (κ1) is 18.3. The van der Waals surface area contributed by atoms with Crippen molar-refractivity contribution in [3.8, 4) is 11.5 Å². The maximum absolute atomic E-state index is 6.12. The van der Waals surface area contributed by atoms with Crippen LogP contribution >= 0.6 is 0 Å². The number of hydrogen-bond acceptors (Lipinski definition) is 3. The molecule has 1 atom stereocenters. The Balaban J connectivity index is 2.38. The third-order valence-corrected chi connectivity index (χ3v) is 4.44. The smallest absolute Gasteiger partial charge is 0.122 e. The Hall–Kier alpha value is -2.00. The van der Waals surface area contributed by atoms with E-state index in [2.05, 4.69) is 51.1 Å². The zero-order valence-corrected chi connectivity index (χ0v) is 15.4. The van der Waals surface area contributed by atoms with Gasteiger partial charge in [-0.1, -0.05) is 45.0 Å². The van der Waals surface area contributed by atoms with E-state index in [1.54, 1.807) is 14.2 Å². The minimum absolute atomic E-state index is 0.0934. The Morgan fingerprint density at radius 2 is 1.75 bits per heavy atom. The molecule has 0 spiro atoms. The average Bonchev–Trinajstić information content (AvgIpc) is 2.58. The van der Waals surface area contributed by atoms with Gasteiger partial charge in [-0.05, 0) is 53.3 Å². The van der Waals surface area contributed by atoms with Gasteiger partial charge in [-0.3, -0.25) is 0 Å². The van der Waals surface area contributed by atoms with Gasteiger partial charge >= 0.3 is 0 Å². The van der Waals surface area contributed by atoms with Crippen LogP contribution in [0, 0.1) is 0 Å². The molecule has 2 rings (SSSR count). The summed E-state index contributed by atoms with van der Waals surface area (Å²) in [4.78, 5) is 0. The van der Waals surface area contributed by atoms with Gasteiger partial charge in [0.1, 0.15) is 11.5 Å². The number of benzene rings is 2. The maximum Gasteiger partial charge on any atom is 0.122 e. The lowest BCUT2D eigenvalue weighted by Gasteiger charge is -2.24. The summed E-state index contributed by atoms with van der Waals surface area (Å²) in [6, 6.07) is 14.6. The lowest BCUT2D eigenvalue weighted by atomic mass is 9.83. The Morgan fingerprint density at radius 1 is 1.00 bits per heavy atom. The van der Waals surface area contributed by atoms with Crippen LogP contribution in [0.4, 0.5) is 0 Å². The van der Waals surface area contributed by atoms with E-state index in [-0.39, 0.29) is 11.3 Å². The zero-order chi connectivity index (χ0) is 17.7. The Morgan fingerprint density at radius 3 is 2.33 bits per heavy atom. The molecule has 2 aromatic rings. The molecular weight excluding hydrogens is 298 g/mol. The van der Waals surface area contributed by atoms with Crippen LogP contribution in [-0.4, -0.2) is 20.8 Å². The van der Waals surface area contributed by atoms with Gasteiger partial charge in [-0.15, -0.1) is 0 Å². The number of ether oxygens (including phenoxy) is 2. The van der Waals surface area contributed by atoms with Crippen molar-refractivity contribution in [3.05, 3.63) is 59.2 Å². The Bertz CT molecular complexity index is 674. The fourth-order valence-electron chi connectivity index (χ4n) is 2.92. The summed E-state index contributed by atoms with van der Waals surface area (Å²) in [5.74, 6) is 1.98. The topological polar surface area (TPSA) is 44.5 Å². The first-order valence-corrected chi connectivity index (χ1v) is 8.40. The molecule has 1 unspecified atom stereocenters. The van der Waals surface area contributed by atoms with E-state index in [0.717, 1.165) is 17.9 Å². The average molecular weight is 327 g/mol. The standard InChI is InChI=1S/C21H29NO2/c1-21(2,3)17-9-10-20(24-5)19(13-17)16(14-22)11-15-7-6-8-18(12-15)23-4/h6-10,12-13,16H,11,14,22H2,1-5H3. The molecule has 0 heterocycles. The van der Waals surface area contributed by atoms with E-state index in [9.17, 15) is 0 Å². The second-order valence-corrected chi connectivity index (χ2v) is 7.20. The number of rotatable bonds is 6. The summed E-state index contributed by atoms with van der Waals surface area (Å²) >= 11 is 0. The van der Waals surface area contributed by atoms with Crippen molar-refractivity contribution in [1.82, 2.24) is 0 Å². The van der Waals surface area contributed by atoms with Gasteiger partial charge in [0.2, 0.25) is 0 Å². The molecular formula is C21H29NO2. The molecule has 0 aromatic heterocycles.